The van der Waals surface area contributed by atoms with Crippen molar-refractivity contribution in [3.63, 3.8) is 0 Å². The molecule has 3 heteroatoms. The lowest BCUT2D eigenvalue weighted by Crippen LogP contribution is -2.61. The van der Waals surface area contributed by atoms with E-state index in [0.29, 0.717) is 17.4 Å². The predicted molar refractivity (Wildman–Crippen MR) is 79.3 cm³/mol. The topological polar surface area (TPSA) is 32.3 Å². The molecule has 3 nitrogen and oxygen atoms in total. The summed E-state index contributed by atoms with van der Waals surface area (Å²) in [6.07, 6.45) is 7.72. The van der Waals surface area contributed by atoms with Crippen molar-refractivity contribution in [1.82, 2.24) is 10.2 Å². The lowest BCUT2D eigenvalue weighted by molar-refractivity contribution is -0.168. The Bertz CT molecular complexity index is 419. The highest BCUT2D eigenvalue weighted by Crippen LogP contribution is 2.65. The molecule has 3 atom stereocenters. The van der Waals surface area contributed by atoms with E-state index in [1.165, 1.54) is 38.5 Å². The van der Waals surface area contributed by atoms with Crippen molar-refractivity contribution in [2.45, 2.75) is 58.4 Å². The number of carbonyl (C=O) groups excluding carboxylic acids is 1. The quantitative estimate of drug-likeness (QED) is 0.797. The molecule has 5 rings (SSSR count). The van der Waals surface area contributed by atoms with Crippen molar-refractivity contribution in [2.24, 2.45) is 22.7 Å². The molecule has 5 fully saturated rings. The van der Waals surface area contributed by atoms with Gasteiger partial charge >= 0.3 is 0 Å². The first-order valence-electron chi connectivity index (χ1n) is 8.52. The smallest absolute Gasteiger partial charge is 0.229 e. The zero-order valence-electron chi connectivity index (χ0n) is 13.0. The fourth-order valence-corrected chi connectivity index (χ4v) is 6.42. The van der Waals surface area contributed by atoms with Gasteiger partial charge in [-0.1, -0.05) is 6.92 Å². The Kier molecular flexibility index (Phi) is 2.77. The molecule has 0 aromatic carbocycles. The van der Waals surface area contributed by atoms with E-state index >= 15 is 0 Å². The third-order valence-electron chi connectivity index (χ3n) is 6.57. The normalized spacial score (nSPS) is 50.5. The third kappa shape index (κ3) is 1.85. The van der Waals surface area contributed by atoms with Crippen LogP contribution >= 0.6 is 0 Å². The van der Waals surface area contributed by atoms with Gasteiger partial charge in [0, 0.05) is 25.7 Å². The first kappa shape index (κ1) is 13.1. The van der Waals surface area contributed by atoms with Gasteiger partial charge in [-0.2, -0.15) is 0 Å². The number of amides is 1. The van der Waals surface area contributed by atoms with Gasteiger partial charge in [0.05, 0.1) is 5.41 Å². The summed E-state index contributed by atoms with van der Waals surface area (Å²) >= 11 is 0. The number of hydrogen-bond acceptors (Lipinski definition) is 2. The van der Waals surface area contributed by atoms with Crippen LogP contribution in [-0.2, 0) is 4.79 Å². The molecule has 4 bridgehead atoms. The van der Waals surface area contributed by atoms with Crippen molar-refractivity contribution in [3.05, 3.63) is 0 Å². The van der Waals surface area contributed by atoms with Gasteiger partial charge in [-0.15, -0.1) is 0 Å². The summed E-state index contributed by atoms with van der Waals surface area (Å²) in [4.78, 5) is 15.5. The minimum atomic E-state index is 0.0183. The summed E-state index contributed by atoms with van der Waals surface area (Å²) in [5, 5.41) is 3.41. The van der Waals surface area contributed by atoms with Gasteiger partial charge in [-0.05, 0) is 62.7 Å². The molecule has 5 aliphatic rings. The maximum absolute atomic E-state index is 13.3. The van der Waals surface area contributed by atoms with Gasteiger partial charge in [-0.25, -0.2) is 0 Å². The molecule has 4 aliphatic carbocycles. The molecule has 20 heavy (non-hydrogen) atoms. The van der Waals surface area contributed by atoms with Gasteiger partial charge in [0.2, 0.25) is 5.91 Å². The van der Waals surface area contributed by atoms with Gasteiger partial charge in [0.1, 0.15) is 0 Å². The standard InChI is InChI=1S/C17H28N2O/c1-12-10-18-3-4-19(12)15(20)17-8-13-5-14(9-17)7-16(2,6-13)11-17/h12-14,18H,3-11H2,1-2H3. The number of hydrogen-bond donors (Lipinski definition) is 1. The molecular formula is C17H28N2O. The maximum atomic E-state index is 13.3. The van der Waals surface area contributed by atoms with Crippen LogP contribution in [0.2, 0.25) is 0 Å². The average Bonchev–Trinajstić information content (AvgIpc) is 2.35. The molecule has 0 aromatic heterocycles. The molecule has 1 aliphatic heterocycles. The minimum Gasteiger partial charge on any atom is -0.337 e. The number of carbonyl (C=O) groups is 1. The summed E-state index contributed by atoms with van der Waals surface area (Å²) < 4.78 is 0. The van der Waals surface area contributed by atoms with Gasteiger partial charge < -0.3 is 10.2 Å². The van der Waals surface area contributed by atoms with Gasteiger partial charge in [0.15, 0.2) is 0 Å². The monoisotopic (exact) mass is 276 g/mol. The lowest BCUT2D eigenvalue weighted by atomic mass is 9.44. The van der Waals surface area contributed by atoms with E-state index in [9.17, 15) is 4.79 Å². The second-order valence-corrected chi connectivity index (χ2v) is 8.60. The van der Waals surface area contributed by atoms with E-state index in [1.807, 2.05) is 0 Å². The first-order chi connectivity index (χ1) is 9.50. The van der Waals surface area contributed by atoms with E-state index in [2.05, 4.69) is 24.1 Å². The summed E-state index contributed by atoms with van der Waals surface area (Å²) in [5.41, 5.74) is 0.488. The third-order valence-corrected chi connectivity index (χ3v) is 6.57. The van der Waals surface area contributed by atoms with Crippen LogP contribution in [0.4, 0.5) is 0 Å². The summed E-state index contributed by atoms with van der Waals surface area (Å²) in [6.45, 7) is 7.50. The fraction of sp³-hybridized carbons (Fsp3) is 0.941. The number of nitrogens with zero attached hydrogens (tertiary/aromatic N) is 1. The van der Waals surface area contributed by atoms with Crippen LogP contribution in [0.25, 0.3) is 0 Å². The van der Waals surface area contributed by atoms with E-state index in [-0.39, 0.29) is 5.41 Å². The second kappa shape index (κ2) is 4.22. The highest BCUT2D eigenvalue weighted by atomic mass is 16.2. The Labute approximate surface area is 122 Å². The van der Waals surface area contributed by atoms with Crippen LogP contribution in [0.1, 0.15) is 52.4 Å². The van der Waals surface area contributed by atoms with Crippen molar-refractivity contribution in [2.75, 3.05) is 19.6 Å². The molecule has 0 aromatic rings. The van der Waals surface area contributed by atoms with Gasteiger partial charge in [0.25, 0.3) is 0 Å². The number of piperazine rings is 1. The zero-order chi connectivity index (χ0) is 14.0. The first-order valence-corrected chi connectivity index (χ1v) is 8.52. The van der Waals surface area contributed by atoms with E-state index in [1.54, 1.807) is 0 Å². The molecule has 1 N–H and O–H groups in total. The largest absolute Gasteiger partial charge is 0.337 e. The molecular weight excluding hydrogens is 248 g/mol. The molecule has 0 radical (unpaired) electrons. The lowest BCUT2D eigenvalue weighted by Gasteiger charge is -2.61. The molecule has 1 heterocycles. The van der Waals surface area contributed by atoms with Crippen LogP contribution in [0.5, 0.6) is 0 Å². The zero-order valence-corrected chi connectivity index (χ0v) is 13.0. The van der Waals surface area contributed by atoms with Crippen LogP contribution in [0.15, 0.2) is 0 Å². The van der Waals surface area contributed by atoms with Gasteiger partial charge in [-0.3, -0.25) is 4.79 Å². The molecule has 112 valence electrons. The Morgan fingerprint density at radius 2 is 1.90 bits per heavy atom. The van der Waals surface area contributed by atoms with Crippen LogP contribution < -0.4 is 5.32 Å². The van der Waals surface area contributed by atoms with E-state index in [4.69, 9.17) is 0 Å². The van der Waals surface area contributed by atoms with Crippen LogP contribution in [0, 0.1) is 22.7 Å². The van der Waals surface area contributed by atoms with E-state index in [0.717, 1.165) is 31.5 Å². The van der Waals surface area contributed by atoms with Crippen LogP contribution in [-0.4, -0.2) is 36.5 Å². The average molecular weight is 276 g/mol. The Morgan fingerprint density at radius 3 is 2.50 bits per heavy atom. The summed E-state index contributed by atoms with van der Waals surface area (Å²) in [6, 6.07) is 0.372. The fourth-order valence-electron chi connectivity index (χ4n) is 6.42. The number of rotatable bonds is 1. The molecule has 1 saturated heterocycles. The van der Waals surface area contributed by atoms with Crippen LogP contribution in [0.3, 0.4) is 0 Å². The predicted octanol–water partition coefficient (Wildman–Crippen LogP) is 2.41. The highest BCUT2D eigenvalue weighted by molar-refractivity contribution is 5.84. The Morgan fingerprint density at radius 1 is 1.20 bits per heavy atom. The van der Waals surface area contributed by atoms with Crippen molar-refractivity contribution < 1.29 is 4.79 Å². The maximum Gasteiger partial charge on any atom is 0.229 e. The highest BCUT2D eigenvalue weighted by Gasteiger charge is 2.59. The molecule has 4 saturated carbocycles. The minimum absolute atomic E-state index is 0.0183. The second-order valence-electron chi connectivity index (χ2n) is 8.60. The molecule has 3 unspecified atom stereocenters. The van der Waals surface area contributed by atoms with Crippen molar-refractivity contribution >= 4 is 5.91 Å². The molecule has 0 spiro atoms. The summed E-state index contributed by atoms with van der Waals surface area (Å²) in [5.74, 6) is 2.18. The Balaban J connectivity index is 1.62. The number of nitrogens with one attached hydrogen (secondary N) is 1. The van der Waals surface area contributed by atoms with Crippen molar-refractivity contribution in [3.8, 4) is 0 Å². The van der Waals surface area contributed by atoms with Crippen molar-refractivity contribution in [1.29, 1.82) is 0 Å². The molecule has 1 amide bonds. The Hall–Kier alpha value is -0.570. The van der Waals surface area contributed by atoms with E-state index < -0.39 is 0 Å². The summed E-state index contributed by atoms with van der Waals surface area (Å²) in [7, 11) is 0. The SMILES string of the molecule is CC1CNCCN1C(=O)C12CC3CC(CC(C)(C3)C1)C2.